The van der Waals surface area contributed by atoms with Crippen molar-refractivity contribution in [3.05, 3.63) is 24.3 Å². The summed E-state index contributed by atoms with van der Waals surface area (Å²) in [4.78, 5) is 35.4. The molecule has 0 aromatic rings. The minimum atomic E-state index is -4.37. The van der Waals surface area contributed by atoms with E-state index in [1.54, 1.807) is 0 Å². The van der Waals surface area contributed by atoms with Crippen molar-refractivity contribution in [2.75, 3.05) is 47.5 Å². The number of esters is 2. The van der Waals surface area contributed by atoms with Crippen LogP contribution in [0.5, 0.6) is 0 Å². The van der Waals surface area contributed by atoms with E-state index in [-0.39, 0.29) is 25.6 Å². The third-order valence-electron chi connectivity index (χ3n) is 9.98. The Hall–Kier alpha value is -1.51. The van der Waals surface area contributed by atoms with E-state index in [1.807, 2.05) is 21.1 Å². The molecule has 10 heteroatoms. The summed E-state index contributed by atoms with van der Waals surface area (Å²) in [5, 5.41) is 0. The maximum atomic E-state index is 12.7. The van der Waals surface area contributed by atoms with Gasteiger partial charge in [-0.3, -0.25) is 18.6 Å². The van der Waals surface area contributed by atoms with Crippen molar-refractivity contribution in [2.45, 2.75) is 213 Å². The Morgan fingerprint density at radius 2 is 0.982 bits per heavy atom. The molecule has 0 heterocycles. The van der Waals surface area contributed by atoms with E-state index in [0.29, 0.717) is 23.9 Å². The molecule has 0 aliphatic heterocycles. The highest BCUT2D eigenvalue weighted by Gasteiger charge is 2.27. The molecule has 56 heavy (non-hydrogen) atoms. The Labute approximate surface area is 345 Å². The van der Waals surface area contributed by atoms with E-state index in [1.165, 1.54) is 109 Å². The zero-order chi connectivity index (χ0) is 41.4. The number of ether oxygens (including phenoxy) is 2. The SMILES string of the molecule is CCCC/C=C\C/C=C\CCCCCCCC(=O)OC(COC(=O)CCCCCCCCCCCCCCCCCCCC)COP(=O)(O)OCC[N+](C)(C)C. The molecule has 0 aromatic carbocycles. The summed E-state index contributed by atoms with van der Waals surface area (Å²) < 4.78 is 34.3. The first kappa shape index (κ1) is 54.5. The third kappa shape index (κ3) is 42.1. The summed E-state index contributed by atoms with van der Waals surface area (Å²) in [7, 11) is 1.47. The molecule has 0 aliphatic carbocycles. The lowest BCUT2D eigenvalue weighted by Crippen LogP contribution is -2.37. The summed E-state index contributed by atoms with van der Waals surface area (Å²) in [6.45, 7) is 4.39. The summed E-state index contributed by atoms with van der Waals surface area (Å²) in [5.74, 6) is -0.806. The molecule has 2 atom stereocenters. The molecule has 1 N–H and O–H groups in total. The van der Waals surface area contributed by atoms with Gasteiger partial charge in [-0.1, -0.05) is 179 Å². The van der Waals surface area contributed by atoms with Gasteiger partial charge in [0, 0.05) is 12.8 Å². The summed E-state index contributed by atoms with van der Waals surface area (Å²) in [6, 6.07) is 0. The first-order valence-electron chi connectivity index (χ1n) is 23.1. The van der Waals surface area contributed by atoms with Crippen LogP contribution in [-0.2, 0) is 32.7 Å². The molecule has 0 aromatic heterocycles. The van der Waals surface area contributed by atoms with Crippen molar-refractivity contribution < 1.29 is 42.1 Å². The van der Waals surface area contributed by atoms with Gasteiger partial charge < -0.3 is 18.9 Å². The molecule has 0 rings (SSSR count). The van der Waals surface area contributed by atoms with Gasteiger partial charge in [0.1, 0.15) is 19.8 Å². The van der Waals surface area contributed by atoms with Crippen LogP contribution in [0.25, 0.3) is 0 Å². The van der Waals surface area contributed by atoms with Crippen LogP contribution in [0.4, 0.5) is 0 Å². The van der Waals surface area contributed by atoms with E-state index < -0.39 is 26.5 Å². The number of phosphoric ester groups is 1. The molecule has 0 spiro atoms. The molecule has 0 fully saturated rings. The number of carbonyl (C=O) groups is 2. The minimum Gasteiger partial charge on any atom is -0.462 e. The van der Waals surface area contributed by atoms with Crippen molar-refractivity contribution >= 4 is 19.8 Å². The molecule has 2 unspecified atom stereocenters. The van der Waals surface area contributed by atoms with Gasteiger partial charge in [-0.05, 0) is 38.5 Å². The number of hydrogen-bond acceptors (Lipinski definition) is 7. The lowest BCUT2D eigenvalue weighted by Gasteiger charge is -2.24. The quantitative estimate of drug-likeness (QED) is 0.0213. The van der Waals surface area contributed by atoms with Gasteiger partial charge >= 0.3 is 19.8 Å². The largest absolute Gasteiger partial charge is 0.472 e. The fourth-order valence-corrected chi connectivity index (χ4v) is 7.07. The number of hydrogen-bond donors (Lipinski definition) is 1. The Kier molecular flexibility index (Phi) is 37.9. The first-order chi connectivity index (χ1) is 27.0. The predicted molar refractivity (Wildman–Crippen MR) is 234 cm³/mol. The Balaban J connectivity index is 4.30. The number of quaternary nitrogens is 1. The lowest BCUT2D eigenvalue weighted by atomic mass is 10.0. The number of rotatable bonds is 42. The number of nitrogens with zero attached hydrogens (tertiary/aromatic N) is 1. The van der Waals surface area contributed by atoms with Crippen LogP contribution < -0.4 is 0 Å². The zero-order valence-electron chi connectivity index (χ0n) is 37.1. The van der Waals surface area contributed by atoms with Crippen molar-refractivity contribution in [1.82, 2.24) is 0 Å². The maximum Gasteiger partial charge on any atom is 0.472 e. The molecule has 0 radical (unpaired) electrons. The van der Waals surface area contributed by atoms with Gasteiger partial charge in [0.2, 0.25) is 0 Å². The van der Waals surface area contributed by atoms with Crippen molar-refractivity contribution in [1.29, 1.82) is 0 Å². The summed E-state index contributed by atoms with van der Waals surface area (Å²) >= 11 is 0. The molecular formula is C46H89NO8P+. The zero-order valence-corrected chi connectivity index (χ0v) is 38.0. The molecule has 0 bridgehead atoms. The standard InChI is InChI=1S/C46H88NO8P/c1-6-8-10-12-14-16-18-20-22-23-24-25-27-28-30-32-34-36-38-45(48)52-42-44(43-54-56(50,51)53-41-40-47(3,4)5)55-46(49)39-37-35-33-31-29-26-21-19-17-15-13-11-9-7-2/h13,15,19,21,44H,6-12,14,16-18,20,22-43H2,1-5H3/p+1/b15-13-,21-19-. The minimum absolute atomic E-state index is 0.0306. The van der Waals surface area contributed by atoms with Gasteiger partial charge in [0.25, 0.3) is 0 Å². The second-order valence-corrected chi connectivity index (χ2v) is 18.2. The molecule has 0 saturated heterocycles. The normalized spacial score (nSPS) is 13.8. The van der Waals surface area contributed by atoms with Crippen LogP contribution in [0, 0.1) is 0 Å². The number of allylic oxidation sites excluding steroid dienone is 4. The Morgan fingerprint density at radius 3 is 1.46 bits per heavy atom. The lowest BCUT2D eigenvalue weighted by molar-refractivity contribution is -0.870. The predicted octanol–water partition coefficient (Wildman–Crippen LogP) is 13.1. The fraction of sp³-hybridized carbons (Fsp3) is 0.870. The van der Waals surface area contributed by atoms with Gasteiger partial charge in [-0.25, -0.2) is 4.57 Å². The molecule has 0 aliphatic rings. The van der Waals surface area contributed by atoms with Crippen molar-refractivity contribution in [2.24, 2.45) is 0 Å². The van der Waals surface area contributed by atoms with Gasteiger partial charge in [-0.2, -0.15) is 0 Å². The molecule has 330 valence electrons. The average molecular weight is 815 g/mol. The maximum absolute atomic E-state index is 12.7. The Bertz CT molecular complexity index is 1010. The van der Waals surface area contributed by atoms with Gasteiger partial charge in [0.05, 0.1) is 27.7 Å². The molecular weight excluding hydrogens is 725 g/mol. The third-order valence-corrected chi connectivity index (χ3v) is 11.0. The average Bonchev–Trinajstić information content (AvgIpc) is 3.15. The first-order valence-corrected chi connectivity index (χ1v) is 24.6. The second kappa shape index (κ2) is 39.0. The highest BCUT2D eigenvalue weighted by Crippen LogP contribution is 2.43. The summed E-state index contributed by atoms with van der Waals surface area (Å²) in [5.41, 5.74) is 0. The van der Waals surface area contributed by atoms with Crippen molar-refractivity contribution in [3.8, 4) is 0 Å². The molecule has 0 amide bonds. The Morgan fingerprint density at radius 1 is 0.554 bits per heavy atom. The topological polar surface area (TPSA) is 108 Å². The van der Waals surface area contributed by atoms with Crippen LogP contribution in [0.3, 0.4) is 0 Å². The van der Waals surface area contributed by atoms with Gasteiger partial charge in [0.15, 0.2) is 6.10 Å². The van der Waals surface area contributed by atoms with E-state index in [0.717, 1.165) is 64.2 Å². The van der Waals surface area contributed by atoms with Crippen LogP contribution in [0.1, 0.15) is 206 Å². The molecule has 0 saturated carbocycles. The van der Waals surface area contributed by atoms with E-state index >= 15 is 0 Å². The van der Waals surface area contributed by atoms with Crippen LogP contribution in [-0.4, -0.2) is 74.9 Å². The monoisotopic (exact) mass is 815 g/mol. The number of carbonyl (C=O) groups excluding carboxylic acids is 2. The highest BCUT2D eigenvalue weighted by atomic mass is 31.2. The molecule has 9 nitrogen and oxygen atoms in total. The highest BCUT2D eigenvalue weighted by molar-refractivity contribution is 7.47. The van der Waals surface area contributed by atoms with Gasteiger partial charge in [-0.15, -0.1) is 0 Å². The van der Waals surface area contributed by atoms with E-state index in [4.69, 9.17) is 18.5 Å². The van der Waals surface area contributed by atoms with E-state index in [2.05, 4.69) is 38.2 Å². The van der Waals surface area contributed by atoms with Crippen molar-refractivity contribution in [3.63, 3.8) is 0 Å². The van der Waals surface area contributed by atoms with Crippen LogP contribution in [0.2, 0.25) is 0 Å². The number of likely N-dealkylation sites (N-methyl/N-ethyl adjacent to an activating group) is 1. The van der Waals surface area contributed by atoms with E-state index in [9.17, 15) is 19.0 Å². The second-order valence-electron chi connectivity index (χ2n) is 16.8. The smallest absolute Gasteiger partial charge is 0.462 e. The van der Waals surface area contributed by atoms with Crippen LogP contribution in [0.15, 0.2) is 24.3 Å². The summed E-state index contributed by atoms with van der Waals surface area (Å²) in [6.07, 6.45) is 42.2. The number of phosphoric acid groups is 1. The fourth-order valence-electron chi connectivity index (χ4n) is 6.33. The number of unbranched alkanes of at least 4 members (excludes halogenated alkanes) is 24. The van der Waals surface area contributed by atoms with Crippen LogP contribution >= 0.6 is 7.82 Å².